The van der Waals surface area contributed by atoms with Crippen LogP contribution in [0.4, 0.5) is 0 Å². The fourth-order valence-corrected chi connectivity index (χ4v) is 2.24. The number of nitriles is 1. The van der Waals surface area contributed by atoms with E-state index in [0.29, 0.717) is 28.7 Å². The average molecular weight is 314 g/mol. The van der Waals surface area contributed by atoms with Crippen LogP contribution in [0.25, 0.3) is 11.6 Å². The highest BCUT2D eigenvalue weighted by Gasteiger charge is 2.06. The molecule has 0 aromatic heterocycles. The topological polar surface area (TPSA) is 42.2 Å². The van der Waals surface area contributed by atoms with Crippen molar-refractivity contribution in [3.8, 4) is 17.6 Å². The molecule has 0 aliphatic heterocycles. The minimum absolute atomic E-state index is 0.537. The lowest BCUT2D eigenvalue weighted by atomic mass is 10.0. The fourth-order valence-electron chi connectivity index (χ4n) is 2.05. The molecule has 0 atom stereocenters. The summed E-state index contributed by atoms with van der Waals surface area (Å²) in [5.74, 6) is 1.32. The minimum Gasteiger partial charge on any atom is -0.493 e. The molecule has 0 heterocycles. The van der Waals surface area contributed by atoms with Crippen molar-refractivity contribution in [1.82, 2.24) is 0 Å². The Labute approximate surface area is 135 Å². The van der Waals surface area contributed by atoms with Crippen molar-refractivity contribution >= 4 is 23.3 Å². The first-order valence-electron chi connectivity index (χ1n) is 6.86. The maximum atomic E-state index is 9.39. The lowest BCUT2D eigenvalue weighted by Gasteiger charge is -2.10. The number of ether oxygens (including phenoxy) is 2. The van der Waals surface area contributed by atoms with Gasteiger partial charge in [-0.25, -0.2) is 0 Å². The molecule has 2 aromatic rings. The Morgan fingerprint density at radius 1 is 1.23 bits per heavy atom. The van der Waals surface area contributed by atoms with Crippen molar-refractivity contribution in [2.45, 2.75) is 6.92 Å². The van der Waals surface area contributed by atoms with Crippen LogP contribution in [0.1, 0.15) is 18.1 Å². The molecular formula is C18H16ClNO2. The molecule has 0 aliphatic rings. The number of nitrogens with zero attached hydrogens (tertiary/aromatic N) is 1. The van der Waals surface area contributed by atoms with E-state index in [0.717, 1.165) is 11.1 Å². The molecule has 0 spiro atoms. The summed E-state index contributed by atoms with van der Waals surface area (Å²) in [5, 5.41) is 9.99. The number of halogens is 1. The van der Waals surface area contributed by atoms with Crippen LogP contribution in [0.3, 0.4) is 0 Å². The van der Waals surface area contributed by atoms with Crippen LogP contribution in [-0.2, 0) is 0 Å². The monoisotopic (exact) mass is 313 g/mol. The zero-order valence-corrected chi connectivity index (χ0v) is 13.2. The Hall–Kier alpha value is -2.44. The van der Waals surface area contributed by atoms with Crippen LogP contribution in [0, 0.1) is 11.3 Å². The van der Waals surface area contributed by atoms with Crippen LogP contribution in [0.5, 0.6) is 11.5 Å². The van der Waals surface area contributed by atoms with E-state index in [9.17, 15) is 5.26 Å². The van der Waals surface area contributed by atoms with Gasteiger partial charge < -0.3 is 9.47 Å². The maximum Gasteiger partial charge on any atom is 0.161 e. The number of rotatable bonds is 5. The van der Waals surface area contributed by atoms with Crippen molar-refractivity contribution in [1.29, 1.82) is 5.26 Å². The molecule has 112 valence electrons. The Morgan fingerprint density at radius 3 is 2.68 bits per heavy atom. The summed E-state index contributed by atoms with van der Waals surface area (Å²) >= 11 is 5.98. The van der Waals surface area contributed by atoms with E-state index < -0.39 is 0 Å². The van der Waals surface area contributed by atoms with Gasteiger partial charge in [-0.05, 0) is 48.4 Å². The van der Waals surface area contributed by atoms with Crippen molar-refractivity contribution in [2.24, 2.45) is 0 Å². The van der Waals surface area contributed by atoms with Gasteiger partial charge in [-0.15, -0.1) is 0 Å². The molecule has 3 nitrogen and oxygen atoms in total. The second kappa shape index (κ2) is 7.53. The first-order chi connectivity index (χ1) is 10.7. The summed E-state index contributed by atoms with van der Waals surface area (Å²) in [6.45, 7) is 2.46. The van der Waals surface area contributed by atoms with E-state index in [-0.39, 0.29) is 0 Å². The van der Waals surface area contributed by atoms with E-state index in [1.165, 1.54) is 0 Å². The first kappa shape index (κ1) is 15.9. The van der Waals surface area contributed by atoms with E-state index in [2.05, 4.69) is 6.07 Å². The van der Waals surface area contributed by atoms with Gasteiger partial charge in [-0.2, -0.15) is 5.26 Å². The minimum atomic E-state index is 0.537. The van der Waals surface area contributed by atoms with Crippen LogP contribution in [-0.4, -0.2) is 13.7 Å². The molecule has 0 unspecified atom stereocenters. The van der Waals surface area contributed by atoms with Gasteiger partial charge in [0.05, 0.1) is 25.4 Å². The number of hydrogen-bond donors (Lipinski definition) is 0. The van der Waals surface area contributed by atoms with Crippen molar-refractivity contribution in [3.05, 3.63) is 58.6 Å². The summed E-state index contributed by atoms with van der Waals surface area (Å²) in [7, 11) is 1.60. The van der Waals surface area contributed by atoms with Crippen molar-refractivity contribution in [2.75, 3.05) is 13.7 Å². The van der Waals surface area contributed by atoms with Gasteiger partial charge in [0, 0.05) is 5.02 Å². The molecular weight excluding hydrogens is 298 g/mol. The lowest BCUT2D eigenvalue weighted by Crippen LogP contribution is -1.95. The first-order valence-corrected chi connectivity index (χ1v) is 7.24. The SMILES string of the molecule is CCOc1cc(/C=C(/C#N)c2cccc(Cl)c2)ccc1OC. The molecule has 0 amide bonds. The average Bonchev–Trinajstić information content (AvgIpc) is 2.53. The van der Waals surface area contributed by atoms with Gasteiger partial charge in [-0.1, -0.05) is 29.8 Å². The third-order valence-corrected chi connectivity index (χ3v) is 3.29. The van der Waals surface area contributed by atoms with Crippen LogP contribution >= 0.6 is 11.6 Å². The van der Waals surface area contributed by atoms with Gasteiger partial charge >= 0.3 is 0 Å². The van der Waals surface area contributed by atoms with Crippen LogP contribution < -0.4 is 9.47 Å². The predicted molar refractivity (Wildman–Crippen MR) is 89.1 cm³/mol. The predicted octanol–water partition coefficient (Wildman–Crippen LogP) is 4.81. The maximum absolute atomic E-state index is 9.39. The Bertz CT molecular complexity index is 732. The molecule has 2 aromatic carbocycles. The third kappa shape index (κ3) is 3.81. The molecule has 0 fully saturated rings. The van der Waals surface area contributed by atoms with Gasteiger partial charge in [0.15, 0.2) is 11.5 Å². The largest absolute Gasteiger partial charge is 0.493 e. The van der Waals surface area contributed by atoms with Gasteiger partial charge in [0.1, 0.15) is 0 Å². The van der Waals surface area contributed by atoms with E-state index in [1.807, 2.05) is 37.3 Å². The molecule has 0 saturated carbocycles. The zero-order chi connectivity index (χ0) is 15.9. The second-order valence-electron chi connectivity index (χ2n) is 4.52. The van der Waals surface area contributed by atoms with Crippen molar-refractivity contribution in [3.63, 3.8) is 0 Å². The number of allylic oxidation sites excluding steroid dienone is 1. The Kier molecular flexibility index (Phi) is 5.46. The van der Waals surface area contributed by atoms with Crippen LogP contribution in [0.15, 0.2) is 42.5 Å². The Morgan fingerprint density at radius 2 is 2.05 bits per heavy atom. The van der Waals surface area contributed by atoms with E-state index in [4.69, 9.17) is 21.1 Å². The van der Waals surface area contributed by atoms with Gasteiger partial charge in [-0.3, -0.25) is 0 Å². The summed E-state index contributed by atoms with van der Waals surface area (Å²) in [6, 6.07) is 15.0. The number of benzene rings is 2. The summed E-state index contributed by atoms with van der Waals surface area (Å²) in [5.41, 5.74) is 2.18. The highest BCUT2D eigenvalue weighted by Crippen LogP contribution is 2.30. The number of hydrogen-bond acceptors (Lipinski definition) is 3. The molecule has 0 N–H and O–H groups in total. The van der Waals surface area contributed by atoms with Gasteiger partial charge in [0.2, 0.25) is 0 Å². The van der Waals surface area contributed by atoms with E-state index >= 15 is 0 Å². The molecule has 22 heavy (non-hydrogen) atoms. The molecule has 0 saturated heterocycles. The summed E-state index contributed by atoms with van der Waals surface area (Å²) in [6.07, 6.45) is 1.80. The molecule has 0 radical (unpaired) electrons. The summed E-state index contributed by atoms with van der Waals surface area (Å²) in [4.78, 5) is 0. The lowest BCUT2D eigenvalue weighted by molar-refractivity contribution is 0.311. The highest BCUT2D eigenvalue weighted by atomic mass is 35.5. The van der Waals surface area contributed by atoms with Gasteiger partial charge in [0.25, 0.3) is 0 Å². The van der Waals surface area contributed by atoms with Crippen molar-refractivity contribution < 1.29 is 9.47 Å². The summed E-state index contributed by atoms with van der Waals surface area (Å²) < 4.78 is 10.8. The number of methoxy groups -OCH3 is 1. The molecule has 2 rings (SSSR count). The quantitative estimate of drug-likeness (QED) is 0.587. The van der Waals surface area contributed by atoms with Crippen LogP contribution in [0.2, 0.25) is 5.02 Å². The third-order valence-electron chi connectivity index (χ3n) is 3.05. The fraction of sp³-hybridized carbons (Fsp3) is 0.167. The highest BCUT2D eigenvalue weighted by molar-refractivity contribution is 6.30. The van der Waals surface area contributed by atoms with E-state index in [1.54, 1.807) is 25.3 Å². The smallest absolute Gasteiger partial charge is 0.161 e. The standard InChI is InChI=1S/C18H16ClNO2/c1-3-22-18-10-13(7-8-17(18)21-2)9-15(12-20)14-5-4-6-16(19)11-14/h4-11H,3H2,1-2H3/b15-9-. The molecule has 0 aliphatic carbocycles. The molecule has 0 bridgehead atoms. The normalized spacial score (nSPS) is 10.9. The Balaban J connectivity index is 2.42. The molecule has 4 heteroatoms. The zero-order valence-electron chi connectivity index (χ0n) is 12.5. The second-order valence-corrected chi connectivity index (χ2v) is 4.96.